The molecule has 0 fully saturated rings. The van der Waals surface area contributed by atoms with E-state index in [2.05, 4.69) is 10.3 Å². The van der Waals surface area contributed by atoms with Gasteiger partial charge in [-0.15, -0.1) is 11.6 Å². The predicted octanol–water partition coefficient (Wildman–Crippen LogP) is 3.73. The van der Waals surface area contributed by atoms with Crippen LogP contribution in [0.4, 0.5) is 10.6 Å². The highest BCUT2D eigenvalue weighted by molar-refractivity contribution is 6.20. The Morgan fingerprint density at radius 2 is 2.12 bits per heavy atom. The number of carbonyl (C=O) groups excluding carboxylic acids is 1. The topological polar surface area (TPSA) is 51.2 Å². The first-order chi connectivity index (χ1) is 7.78. The van der Waals surface area contributed by atoms with Gasteiger partial charge in [-0.2, -0.15) is 0 Å². The van der Waals surface area contributed by atoms with Crippen molar-refractivity contribution < 1.29 is 9.53 Å². The summed E-state index contributed by atoms with van der Waals surface area (Å²) >= 11 is 5.90. The van der Waals surface area contributed by atoms with Crippen molar-refractivity contribution in [2.75, 3.05) is 5.32 Å². The number of carbonyl (C=O) groups is 1. The first kappa shape index (κ1) is 13.8. The van der Waals surface area contributed by atoms with E-state index in [1.807, 2.05) is 13.0 Å². The van der Waals surface area contributed by atoms with Crippen LogP contribution in [0.25, 0.3) is 0 Å². The fourth-order valence-corrected chi connectivity index (χ4v) is 1.25. The van der Waals surface area contributed by atoms with Crippen molar-refractivity contribution in [3.8, 4) is 0 Å². The number of nitrogens with one attached hydrogen (secondary N) is 1. The summed E-state index contributed by atoms with van der Waals surface area (Å²) in [4.78, 5) is 15.5. The molecule has 1 rings (SSSR count). The molecule has 0 saturated heterocycles. The van der Waals surface area contributed by atoms with Crippen LogP contribution in [0, 0.1) is 0 Å². The molecular formula is C12H17ClN2O2. The van der Waals surface area contributed by atoms with Crippen LogP contribution in [0.3, 0.4) is 0 Å². The average Bonchev–Trinajstić information content (AvgIpc) is 2.15. The number of anilines is 1. The highest BCUT2D eigenvalue weighted by Gasteiger charge is 2.16. The molecule has 94 valence electrons. The van der Waals surface area contributed by atoms with Crippen LogP contribution in [0.2, 0.25) is 0 Å². The van der Waals surface area contributed by atoms with Crippen molar-refractivity contribution >= 4 is 23.5 Å². The molecule has 0 bridgehead atoms. The summed E-state index contributed by atoms with van der Waals surface area (Å²) in [6.07, 6.45) is 1.11. The van der Waals surface area contributed by atoms with Gasteiger partial charge in [0.2, 0.25) is 0 Å². The van der Waals surface area contributed by atoms with Gasteiger partial charge in [0.05, 0.1) is 5.38 Å². The molecule has 0 aliphatic carbocycles. The van der Waals surface area contributed by atoms with E-state index in [-0.39, 0.29) is 5.38 Å². The normalized spacial score (nSPS) is 13.0. The second-order valence-electron chi connectivity index (χ2n) is 4.72. The van der Waals surface area contributed by atoms with E-state index in [1.54, 1.807) is 33.0 Å². The molecule has 1 atom stereocenters. The quantitative estimate of drug-likeness (QED) is 0.821. The number of amides is 1. The molecule has 5 heteroatoms. The third kappa shape index (κ3) is 5.04. The minimum absolute atomic E-state index is 0.0990. The Labute approximate surface area is 106 Å². The monoisotopic (exact) mass is 256 g/mol. The first-order valence-corrected chi connectivity index (χ1v) is 5.81. The van der Waals surface area contributed by atoms with Crippen LogP contribution in [0.1, 0.15) is 38.6 Å². The lowest BCUT2D eigenvalue weighted by Gasteiger charge is -2.19. The van der Waals surface area contributed by atoms with Gasteiger partial charge in [-0.1, -0.05) is 6.07 Å². The molecule has 0 saturated carbocycles. The van der Waals surface area contributed by atoms with Crippen molar-refractivity contribution in [3.05, 3.63) is 23.9 Å². The molecule has 1 heterocycles. The molecule has 0 radical (unpaired) electrons. The number of hydrogen-bond acceptors (Lipinski definition) is 3. The van der Waals surface area contributed by atoms with Crippen LogP contribution in [0.5, 0.6) is 0 Å². The van der Waals surface area contributed by atoms with Crippen LogP contribution in [-0.4, -0.2) is 16.7 Å². The molecule has 4 nitrogen and oxygen atoms in total. The minimum atomic E-state index is -0.519. The Hall–Kier alpha value is -1.29. The van der Waals surface area contributed by atoms with Gasteiger partial charge in [-0.3, -0.25) is 5.32 Å². The van der Waals surface area contributed by atoms with E-state index in [4.69, 9.17) is 16.3 Å². The number of pyridine rings is 1. The highest BCUT2D eigenvalue weighted by Crippen LogP contribution is 2.19. The Bertz CT molecular complexity index is 382. The lowest BCUT2D eigenvalue weighted by molar-refractivity contribution is 0.0635. The van der Waals surface area contributed by atoms with Crippen molar-refractivity contribution in [2.24, 2.45) is 0 Å². The summed E-state index contributed by atoms with van der Waals surface area (Å²) in [5, 5.41) is 2.45. The number of ether oxygens (including phenoxy) is 1. The molecule has 1 unspecified atom stereocenters. The number of alkyl halides is 1. The zero-order chi connectivity index (χ0) is 13.1. The zero-order valence-electron chi connectivity index (χ0n) is 10.5. The summed E-state index contributed by atoms with van der Waals surface area (Å²) in [5.74, 6) is 0.445. The molecular weight excluding hydrogens is 240 g/mol. The van der Waals surface area contributed by atoms with E-state index in [9.17, 15) is 4.79 Å². The van der Waals surface area contributed by atoms with E-state index in [0.29, 0.717) is 5.82 Å². The number of aromatic nitrogens is 1. The second kappa shape index (κ2) is 5.36. The van der Waals surface area contributed by atoms with E-state index in [1.165, 1.54) is 0 Å². The molecule has 17 heavy (non-hydrogen) atoms. The van der Waals surface area contributed by atoms with Gasteiger partial charge in [0, 0.05) is 6.20 Å². The predicted molar refractivity (Wildman–Crippen MR) is 68.4 cm³/mol. The smallest absolute Gasteiger partial charge is 0.413 e. The summed E-state index contributed by atoms with van der Waals surface area (Å²) < 4.78 is 5.10. The highest BCUT2D eigenvalue weighted by atomic mass is 35.5. The third-order valence-electron chi connectivity index (χ3n) is 1.87. The van der Waals surface area contributed by atoms with Gasteiger partial charge < -0.3 is 4.74 Å². The van der Waals surface area contributed by atoms with E-state index < -0.39 is 11.7 Å². The molecule has 0 aliphatic rings. The van der Waals surface area contributed by atoms with Gasteiger partial charge in [0.25, 0.3) is 0 Å². The van der Waals surface area contributed by atoms with Crippen molar-refractivity contribution in [1.82, 2.24) is 4.98 Å². The van der Waals surface area contributed by atoms with Crippen LogP contribution >= 0.6 is 11.6 Å². The lowest BCUT2D eigenvalue weighted by Crippen LogP contribution is -2.27. The van der Waals surface area contributed by atoms with Gasteiger partial charge in [0.1, 0.15) is 11.4 Å². The zero-order valence-corrected chi connectivity index (χ0v) is 11.2. The number of hydrogen-bond donors (Lipinski definition) is 1. The molecule has 0 aliphatic heterocycles. The molecule has 1 aromatic rings. The average molecular weight is 257 g/mol. The Morgan fingerprint density at radius 3 is 2.53 bits per heavy atom. The van der Waals surface area contributed by atoms with Gasteiger partial charge in [-0.05, 0) is 39.3 Å². The summed E-state index contributed by atoms with van der Waals surface area (Å²) in [7, 11) is 0. The molecule has 1 N–H and O–H groups in total. The number of nitrogens with zero attached hydrogens (tertiary/aromatic N) is 1. The van der Waals surface area contributed by atoms with Crippen molar-refractivity contribution in [2.45, 2.75) is 38.7 Å². The maximum absolute atomic E-state index is 11.4. The minimum Gasteiger partial charge on any atom is -0.444 e. The van der Waals surface area contributed by atoms with E-state index in [0.717, 1.165) is 5.56 Å². The fraction of sp³-hybridized carbons (Fsp3) is 0.500. The van der Waals surface area contributed by atoms with Crippen LogP contribution in [0.15, 0.2) is 18.3 Å². The number of halogens is 1. The van der Waals surface area contributed by atoms with Crippen molar-refractivity contribution in [1.29, 1.82) is 0 Å². The van der Waals surface area contributed by atoms with Crippen molar-refractivity contribution in [3.63, 3.8) is 0 Å². The maximum Gasteiger partial charge on any atom is 0.413 e. The summed E-state index contributed by atoms with van der Waals surface area (Å²) in [6, 6.07) is 3.51. The molecule has 0 aromatic carbocycles. The lowest BCUT2D eigenvalue weighted by atomic mass is 10.2. The Kier molecular flexibility index (Phi) is 4.34. The summed E-state index contributed by atoms with van der Waals surface area (Å²) in [6.45, 7) is 7.27. The molecule has 1 amide bonds. The Morgan fingerprint density at radius 1 is 1.47 bits per heavy atom. The first-order valence-electron chi connectivity index (χ1n) is 5.38. The standard InChI is InChI=1S/C12H17ClN2O2/c1-8(13)9-5-6-10(14-7-9)15-11(16)17-12(2,3)4/h5-8H,1-4H3,(H,14,15,16). The largest absolute Gasteiger partial charge is 0.444 e. The third-order valence-corrected chi connectivity index (χ3v) is 2.13. The molecule has 1 aromatic heterocycles. The van der Waals surface area contributed by atoms with Gasteiger partial charge in [-0.25, -0.2) is 9.78 Å². The number of rotatable bonds is 2. The van der Waals surface area contributed by atoms with Crippen LogP contribution in [-0.2, 0) is 4.74 Å². The Balaban J connectivity index is 2.61. The fourth-order valence-electron chi connectivity index (χ4n) is 1.12. The SMILES string of the molecule is CC(Cl)c1ccc(NC(=O)OC(C)(C)C)nc1. The molecule has 0 spiro atoms. The van der Waals surface area contributed by atoms with Gasteiger partial charge >= 0.3 is 6.09 Å². The van der Waals surface area contributed by atoms with Crippen LogP contribution < -0.4 is 5.32 Å². The summed E-state index contributed by atoms with van der Waals surface area (Å²) in [5.41, 5.74) is 0.385. The second-order valence-corrected chi connectivity index (χ2v) is 5.37. The van der Waals surface area contributed by atoms with E-state index >= 15 is 0 Å². The van der Waals surface area contributed by atoms with Gasteiger partial charge in [0.15, 0.2) is 0 Å². The maximum atomic E-state index is 11.4.